The number of nitrogens with zero attached hydrogens (tertiary/aromatic N) is 1. The third kappa shape index (κ3) is 4.63. The van der Waals surface area contributed by atoms with Gasteiger partial charge in [0.15, 0.2) is 0 Å². The lowest BCUT2D eigenvalue weighted by molar-refractivity contribution is 0.270. The van der Waals surface area contributed by atoms with E-state index in [4.69, 9.17) is 0 Å². The third-order valence-corrected chi connectivity index (χ3v) is 2.88. The van der Waals surface area contributed by atoms with Crippen molar-refractivity contribution in [2.45, 2.75) is 39.7 Å². The fraction of sp³-hybridized carbons (Fsp3) is 1.00. The van der Waals surface area contributed by atoms with Gasteiger partial charge in [0.25, 0.3) is 0 Å². The Kier molecular flexibility index (Phi) is 4.74. The standard InChI is InChI=1S/C11H24N2/c1-4-13(5-2)9-10(3)12-8-11-6-7-11/h10-12H,4-9H2,1-3H3. The zero-order chi connectivity index (χ0) is 9.68. The first-order valence-electron chi connectivity index (χ1n) is 5.72. The van der Waals surface area contributed by atoms with E-state index in [0.717, 1.165) is 5.92 Å². The molecule has 13 heavy (non-hydrogen) atoms. The predicted molar refractivity (Wildman–Crippen MR) is 58.0 cm³/mol. The van der Waals surface area contributed by atoms with Crippen LogP contribution in [0, 0.1) is 5.92 Å². The van der Waals surface area contributed by atoms with Crippen LogP contribution < -0.4 is 5.32 Å². The molecule has 0 aromatic heterocycles. The Morgan fingerprint density at radius 1 is 1.31 bits per heavy atom. The first-order chi connectivity index (χ1) is 6.26. The van der Waals surface area contributed by atoms with Gasteiger partial charge in [-0.1, -0.05) is 13.8 Å². The van der Waals surface area contributed by atoms with Crippen molar-refractivity contribution in [2.24, 2.45) is 5.92 Å². The van der Waals surface area contributed by atoms with Crippen LogP contribution in [0.1, 0.15) is 33.6 Å². The van der Waals surface area contributed by atoms with E-state index in [-0.39, 0.29) is 0 Å². The largest absolute Gasteiger partial charge is 0.313 e. The molecule has 0 aliphatic heterocycles. The van der Waals surface area contributed by atoms with E-state index in [1.807, 2.05) is 0 Å². The number of nitrogens with one attached hydrogen (secondary N) is 1. The highest BCUT2D eigenvalue weighted by atomic mass is 15.1. The lowest BCUT2D eigenvalue weighted by atomic mass is 10.3. The Balaban J connectivity index is 2.03. The molecule has 2 nitrogen and oxygen atoms in total. The van der Waals surface area contributed by atoms with Gasteiger partial charge in [-0.15, -0.1) is 0 Å². The molecule has 0 aromatic rings. The van der Waals surface area contributed by atoms with Gasteiger partial charge in [0.2, 0.25) is 0 Å². The van der Waals surface area contributed by atoms with Crippen molar-refractivity contribution in [3.63, 3.8) is 0 Å². The second-order valence-corrected chi connectivity index (χ2v) is 4.24. The molecule has 0 spiro atoms. The second kappa shape index (κ2) is 5.61. The normalized spacial score (nSPS) is 19.4. The van der Waals surface area contributed by atoms with Crippen molar-refractivity contribution in [1.82, 2.24) is 10.2 Å². The zero-order valence-corrected chi connectivity index (χ0v) is 9.34. The molecule has 78 valence electrons. The highest BCUT2D eigenvalue weighted by Crippen LogP contribution is 2.27. The molecule has 1 aliphatic rings. The van der Waals surface area contributed by atoms with E-state index in [2.05, 4.69) is 31.0 Å². The zero-order valence-electron chi connectivity index (χ0n) is 9.34. The molecule has 2 heteroatoms. The van der Waals surface area contributed by atoms with Crippen LogP contribution in [-0.4, -0.2) is 37.1 Å². The quantitative estimate of drug-likeness (QED) is 0.648. The predicted octanol–water partition coefficient (Wildman–Crippen LogP) is 1.72. The van der Waals surface area contributed by atoms with Gasteiger partial charge in [-0.2, -0.15) is 0 Å². The van der Waals surface area contributed by atoms with Gasteiger partial charge in [0, 0.05) is 12.6 Å². The third-order valence-electron chi connectivity index (χ3n) is 2.88. The first kappa shape index (κ1) is 11.0. The molecule has 1 unspecified atom stereocenters. The summed E-state index contributed by atoms with van der Waals surface area (Å²) in [7, 11) is 0. The van der Waals surface area contributed by atoms with Crippen LogP contribution in [0.15, 0.2) is 0 Å². The molecule has 0 radical (unpaired) electrons. The van der Waals surface area contributed by atoms with E-state index < -0.39 is 0 Å². The van der Waals surface area contributed by atoms with Crippen LogP contribution in [0.2, 0.25) is 0 Å². The fourth-order valence-corrected chi connectivity index (χ4v) is 1.62. The molecule has 0 amide bonds. The maximum atomic E-state index is 3.60. The van der Waals surface area contributed by atoms with E-state index in [9.17, 15) is 0 Å². The van der Waals surface area contributed by atoms with Gasteiger partial charge >= 0.3 is 0 Å². The van der Waals surface area contributed by atoms with Gasteiger partial charge < -0.3 is 10.2 Å². The Hall–Kier alpha value is -0.0800. The van der Waals surface area contributed by atoms with Crippen molar-refractivity contribution in [2.75, 3.05) is 26.2 Å². The topological polar surface area (TPSA) is 15.3 Å². The first-order valence-corrected chi connectivity index (χ1v) is 5.72. The maximum absolute atomic E-state index is 3.60. The number of likely N-dealkylation sites (N-methyl/N-ethyl adjacent to an activating group) is 1. The molecule has 1 N–H and O–H groups in total. The Labute approximate surface area is 82.7 Å². The lowest BCUT2D eigenvalue weighted by Crippen LogP contribution is -2.39. The molecule has 1 fully saturated rings. The molecule has 0 heterocycles. The van der Waals surface area contributed by atoms with E-state index in [1.54, 1.807) is 0 Å². The summed E-state index contributed by atoms with van der Waals surface area (Å²) in [6, 6.07) is 0.653. The van der Waals surface area contributed by atoms with Gasteiger partial charge in [0.1, 0.15) is 0 Å². The molecular formula is C11H24N2. The molecule has 1 saturated carbocycles. The highest BCUT2D eigenvalue weighted by Gasteiger charge is 2.21. The number of rotatable bonds is 7. The van der Waals surface area contributed by atoms with Crippen molar-refractivity contribution >= 4 is 0 Å². The van der Waals surface area contributed by atoms with Crippen molar-refractivity contribution in [1.29, 1.82) is 0 Å². The van der Waals surface area contributed by atoms with Crippen LogP contribution in [0.4, 0.5) is 0 Å². The van der Waals surface area contributed by atoms with Crippen LogP contribution in [-0.2, 0) is 0 Å². The second-order valence-electron chi connectivity index (χ2n) is 4.24. The smallest absolute Gasteiger partial charge is 0.0166 e. The average molecular weight is 184 g/mol. The van der Waals surface area contributed by atoms with Crippen LogP contribution in [0.5, 0.6) is 0 Å². The van der Waals surface area contributed by atoms with Crippen molar-refractivity contribution in [3.8, 4) is 0 Å². The fourth-order valence-electron chi connectivity index (χ4n) is 1.62. The monoisotopic (exact) mass is 184 g/mol. The van der Waals surface area contributed by atoms with Gasteiger partial charge in [-0.3, -0.25) is 0 Å². The summed E-state index contributed by atoms with van der Waals surface area (Å²) in [4.78, 5) is 2.48. The Bertz CT molecular complexity index is 128. The van der Waals surface area contributed by atoms with Crippen LogP contribution >= 0.6 is 0 Å². The summed E-state index contributed by atoms with van der Waals surface area (Å²) < 4.78 is 0. The summed E-state index contributed by atoms with van der Waals surface area (Å²) in [6.45, 7) is 11.5. The minimum atomic E-state index is 0.653. The Morgan fingerprint density at radius 2 is 1.92 bits per heavy atom. The van der Waals surface area contributed by atoms with E-state index >= 15 is 0 Å². The van der Waals surface area contributed by atoms with Crippen molar-refractivity contribution < 1.29 is 0 Å². The molecule has 1 aliphatic carbocycles. The molecule has 0 aromatic carbocycles. The van der Waals surface area contributed by atoms with E-state index in [1.165, 1.54) is 39.0 Å². The maximum Gasteiger partial charge on any atom is 0.0166 e. The molecule has 0 saturated heterocycles. The summed E-state index contributed by atoms with van der Waals surface area (Å²) in [5.74, 6) is 0.999. The van der Waals surface area contributed by atoms with Crippen molar-refractivity contribution in [3.05, 3.63) is 0 Å². The van der Waals surface area contributed by atoms with Gasteiger partial charge in [-0.25, -0.2) is 0 Å². The summed E-state index contributed by atoms with van der Waals surface area (Å²) in [5, 5.41) is 3.60. The highest BCUT2D eigenvalue weighted by molar-refractivity contribution is 4.77. The number of hydrogen-bond donors (Lipinski definition) is 1. The van der Waals surface area contributed by atoms with Gasteiger partial charge in [-0.05, 0) is 45.3 Å². The lowest BCUT2D eigenvalue weighted by Gasteiger charge is -2.23. The van der Waals surface area contributed by atoms with E-state index in [0.29, 0.717) is 6.04 Å². The molecule has 0 bridgehead atoms. The molecule has 1 atom stereocenters. The molecular weight excluding hydrogens is 160 g/mol. The summed E-state index contributed by atoms with van der Waals surface area (Å²) in [6.07, 6.45) is 2.90. The SMILES string of the molecule is CCN(CC)CC(C)NCC1CC1. The summed E-state index contributed by atoms with van der Waals surface area (Å²) in [5.41, 5.74) is 0. The molecule has 1 rings (SSSR count). The van der Waals surface area contributed by atoms with Gasteiger partial charge in [0.05, 0.1) is 0 Å². The minimum Gasteiger partial charge on any atom is -0.313 e. The van der Waals surface area contributed by atoms with Crippen LogP contribution in [0.3, 0.4) is 0 Å². The summed E-state index contributed by atoms with van der Waals surface area (Å²) >= 11 is 0. The Morgan fingerprint density at radius 3 is 2.38 bits per heavy atom. The minimum absolute atomic E-state index is 0.653. The van der Waals surface area contributed by atoms with Crippen LogP contribution in [0.25, 0.3) is 0 Å². The number of hydrogen-bond acceptors (Lipinski definition) is 2. The average Bonchev–Trinajstić information content (AvgIpc) is 2.94.